The third-order valence-corrected chi connectivity index (χ3v) is 4.29. The summed E-state index contributed by atoms with van der Waals surface area (Å²) in [6.07, 6.45) is 1.98. The smallest absolute Gasteiger partial charge is 0.160 e. The minimum Gasteiger partial charge on any atom is -0.305 e. The summed E-state index contributed by atoms with van der Waals surface area (Å²) < 4.78 is 3.13. The summed E-state index contributed by atoms with van der Waals surface area (Å²) in [4.78, 5) is 1.30. The van der Waals surface area contributed by atoms with E-state index in [-0.39, 0.29) is 0 Å². The molecule has 0 unspecified atom stereocenters. The Balaban J connectivity index is 1.66. The van der Waals surface area contributed by atoms with E-state index in [1.165, 1.54) is 4.88 Å². The molecule has 0 aromatic carbocycles. The first kappa shape index (κ1) is 11.8. The number of nitrogens with zero attached hydrogens (tertiary/aromatic N) is 3. The Hall–Kier alpha value is -1.24. The van der Waals surface area contributed by atoms with Gasteiger partial charge in [0, 0.05) is 27.5 Å². The predicted octanol–water partition coefficient (Wildman–Crippen LogP) is 2.84. The molecule has 3 rings (SSSR count). The highest BCUT2D eigenvalue weighted by atomic mass is 79.9. The predicted molar refractivity (Wildman–Crippen MR) is 75.5 cm³/mol. The fraction of sp³-hybridized carbons (Fsp3) is 0.167. The van der Waals surface area contributed by atoms with Gasteiger partial charge in [-0.25, -0.2) is 0 Å². The summed E-state index contributed by atoms with van der Waals surface area (Å²) in [5.41, 5.74) is 0.883. The van der Waals surface area contributed by atoms with Crippen molar-refractivity contribution in [1.29, 1.82) is 0 Å². The monoisotopic (exact) mass is 322 g/mol. The van der Waals surface area contributed by atoms with Crippen molar-refractivity contribution < 1.29 is 0 Å². The van der Waals surface area contributed by atoms with Gasteiger partial charge in [-0.05, 0) is 34.1 Å². The van der Waals surface area contributed by atoms with Crippen LogP contribution in [0.2, 0.25) is 0 Å². The van der Waals surface area contributed by atoms with E-state index in [0.717, 1.165) is 22.5 Å². The first-order chi connectivity index (χ1) is 8.83. The first-order valence-electron chi connectivity index (χ1n) is 5.55. The van der Waals surface area contributed by atoms with Crippen LogP contribution in [0.5, 0.6) is 0 Å². The number of fused-ring (bicyclic) bond motifs is 1. The van der Waals surface area contributed by atoms with E-state index in [2.05, 4.69) is 42.9 Å². The van der Waals surface area contributed by atoms with E-state index < -0.39 is 0 Å². The molecule has 3 aromatic rings. The maximum Gasteiger partial charge on any atom is 0.160 e. The van der Waals surface area contributed by atoms with Crippen molar-refractivity contribution in [2.75, 3.05) is 0 Å². The third kappa shape index (κ3) is 2.45. The fourth-order valence-corrected chi connectivity index (χ4v) is 3.18. The molecule has 18 heavy (non-hydrogen) atoms. The SMILES string of the molecule is Brc1csc(CNCc2nnc3ccccn23)c1. The van der Waals surface area contributed by atoms with Gasteiger partial charge >= 0.3 is 0 Å². The molecule has 0 saturated carbocycles. The molecule has 0 amide bonds. The molecule has 1 N–H and O–H groups in total. The molecule has 0 aliphatic heterocycles. The lowest BCUT2D eigenvalue weighted by Gasteiger charge is -2.01. The van der Waals surface area contributed by atoms with Crippen LogP contribution < -0.4 is 5.32 Å². The Morgan fingerprint density at radius 1 is 1.28 bits per heavy atom. The van der Waals surface area contributed by atoms with Crippen molar-refractivity contribution >= 4 is 32.9 Å². The molecule has 4 nitrogen and oxygen atoms in total. The molecule has 0 saturated heterocycles. The van der Waals surface area contributed by atoms with Crippen molar-refractivity contribution in [2.24, 2.45) is 0 Å². The van der Waals surface area contributed by atoms with Gasteiger partial charge in [0.2, 0.25) is 0 Å². The van der Waals surface area contributed by atoms with Crippen LogP contribution in [0, 0.1) is 0 Å². The van der Waals surface area contributed by atoms with Gasteiger partial charge in [0.05, 0.1) is 6.54 Å². The van der Waals surface area contributed by atoms with Crippen molar-refractivity contribution in [3.63, 3.8) is 0 Å². The first-order valence-corrected chi connectivity index (χ1v) is 7.22. The number of halogens is 1. The summed E-state index contributed by atoms with van der Waals surface area (Å²) in [5.74, 6) is 0.932. The Labute approximate surface area is 117 Å². The summed E-state index contributed by atoms with van der Waals surface area (Å²) >= 11 is 5.19. The minimum atomic E-state index is 0.709. The Kier molecular flexibility index (Phi) is 3.40. The summed E-state index contributed by atoms with van der Waals surface area (Å²) in [5, 5.41) is 13.8. The van der Waals surface area contributed by atoms with Crippen LogP contribution in [0.4, 0.5) is 0 Å². The second-order valence-corrected chi connectivity index (χ2v) is 5.79. The number of nitrogens with one attached hydrogen (secondary N) is 1. The number of hydrogen-bond donors (Lipinski definition) is 1. The summed E-state index contributed by atoms with van der Waals surface area (Å²) in [6, 6.07) is 8.02. The summed E-state index contributed by atoms with van der Waals surface area (Å²) in [7, 11) is 0. The van der Waals surface area contributed by atoms with Crippen LogP contribution in [0.25, 0.3) is 5.65 Å². The molecular weight excluding hydrogens is 312 g/mol. The van der Waals surface area contributed by atoms with Crippen LogP contribution in [0.1, 0.15) is 10.7 Å². The lowest BCUT2D eigenvalue weighted by Crippen LogP contribution is -2.14. The Morgan fingerprint density at radius 3 is 3.06 bits per heavy atom. The van der Waals surface area contributed by atoms with E-state index in [1.807, 2.05) is 28.8 Å². The van der Waals surface area contributed by atoms with Gasteiger partial charge in [-0.2, -0.15) is 0 Å². The lowest BCUT2D eigenvalue weighted by atomic mass is 10.4. The third-order valence-electron chi connectivity index (χ3n) is 2.59. The van der Waals surface area contributed by atoms with E-state index in [9.17, 15) is 0 Å². The van der Waals surface area contributed by atoms with Gasteiger partial charge in [0.15, 0.2) is 11.5 Å². The van der Waals surface area contributed by atoms with Crippen LogP contribution in [-0.4, -0.2) is 14.6 Å². The molecule has 0 spiro atoms. The molecule has 0 aliphatic carbocycles. The van der Waals surface area contributed by atoms with Gasteiger partial charge in [-0.1, -0.05) is 6.07 Å². The zero-order valence-corrected chi connectivity index (χ0v) is 11.9. The molecule has 3 heterocycles. The maximum atomic E-state index is 4.18. The average Bonchev–Trinajstić information content (AvgIpc) is 2.97. The maximum absolute atomic E-state index is 4.18. The number of thiophene rings is 1. The van der Waals surface area contributed by atoms with E-state index in [1.54, 1.807) is 11.3 Å². The topological polar surface area (TPSA) is 42.2 Å². The number of pyridine rings is 1. The van der Waals surface area contributed by atoms with E-state index in [0.29, 0.717) is 6.54 Å². The second-order valence-electron chi connectivity index (χ2n) is 3.88. The van der Waals surface area contributed by atoms with Gasteiger partial charge in [-0.3, -0.25) is 4.40 Å². The number of hydrogen-bond acceptors (Lipinski definition) is 4. The van der Waals surface area contributed by atoms with Crippen LogP contribution >= 0.6 is 27.3 Å². The molecule has 0 radical (unpaired) electrons. The molecule has 0 atom stereocenters. The van der Waals surface area contributed by atoms with Crippen LogP contribution in [-0.2, 0) is 13.1 Å². The molecular formula is C12H11BrN4S. The van der Waals surface area contributed by atoms with Crippen LogP contribution in [0.15, 0.2) is 40.3 Å². The van der Waals surface area contributed by atoms with Crippen molar-refractivity contribution in [1.82, 2.24) is 19.9 Å². The quantitative estimate of drug-likeness (QED) is 0.803. The molecule has 0 aliphatic rings. The highest BCUT2D eigenvalue weighted by Crippen LogP contribution is 2.19. The number of rotatable bonds is 4. The zero-order valence-electron chi connectivity index (χ0n) is 9.51. The number of aromatic nitrogens is 3. The summed E-state index contributed by atoms with van der Waals surface area (Å²) in [6.45, 7) is 1.55. The van der Waals surface area contributed by atoms with Crippen molar-refractivity contribution in [3.05, 3.63) is 51.0 Å². The Morgan fingerprint density at radius 2 is 2.22 bits per heavy atom. The van der Waals surface area contributed by atoms with E-state index in [4.69, 9.17) is 0 Å². The zero-order chi connectivity index (χ0) is 12.4. The molecule has 6 heteroatoms. The molecule has 0 fully saturated rings. The second kappa shape index (κ2) is 5.17. The minimum absolute atomic E-state index is 0.709. The standard InChI is InChI=1S/C12H11BrN4S/c13-9-5-10(18-8-9)6-14-7-12-16-15-11-3-1-2-4-17(11)12/h1-5,8,14H,6-7H2. The molecule has 3 aromatic heterocycles. The van der Waals surface area contributed by atoms with Crippen molar-refractivity contribution in [3.8, 4) is 0 Å². The normalized spacial score (nSPS) is 11.2. The van der Waals surface area contributed by atoms with E-state index >= 15 is 0 Å². The van der Waals surface area contributed by atoms with Gasteiger partial charge in [-0.15, -0.1) is 21.5 Å². The highest BCUT2D eigenvalue weighted by Gasteiger charge is 2.04. The molecule has 92 valence electrons. The van der Waals surface area contributed by atoms with Gasteiger partial charge in [0.25, 0.3) is 0 Å². The van der Waals surface area contributed by atoms with Crippen LogP contribution in [0.3, 0.4) is 0 Å². The fourth-order valence-electron chi connectivity index (χ4n) is 1.76. The largest absolute Gasteiger partial charge is 0.305 e. The average molecular weight is 323 g/mol. The molecule has 0 bridgehead atoms. The van der Waals surface area contributed by atoms with Gasteiger partial charge < -0.3 is 5.32 Å². The lowest BCUT2D eigenvalue weighted by molar-refractivity contribution is 0.662. The van der Waals surface area contributed by atoms with Crippen molar-refractivity contribution in [2.45, 2.75) is 13.1 Å². The Bertz CT molecular complexity index is 661. The van der Waals surface area contributed by atoms with Gasteiger partial charge in [0.1, 0.15) is 0 Å². The highest BCUT2D eigenvalue weighted by molar-refractivity contribution is 9.10.